The molecule has 0 heterocycles. The first kappa shape index (κ1) is 14.9. The molecule has 88 valence electrons. The molecular weight excluding hydrogens is 332 g/mol. The number of halogens is 2. The lowest BCUT2D eigenvalue weighted by molar-refractivity contribution is -0.154. The molecule has 0 radical (unpaired) electrons. The summed E-state index contributed by atoms with van der Waals surface area (Å²) in [5.41, 5.74) is 0. The van der Waals surface area contributed by atoms with Gasteiger partial charge in [-0.05, 0) is 12.8 Å². The fourth-order valence-electron chi connectivity index (χ4n) is 1.18. The molecule has 0 aromatic heterocycles. The summed E-state index contributed by atoms with van der Waals surface area (Å²) in [4.78, 5) is 21.2. The van der Waals surface area contributed by atoms with Gasteiger partial charge in [0.2, 0.25) is 0 Å². The SMILES string of the molecule is CC(Br)CCCC(Br)C(C(=O)O)C(=O)O. The molecule has 0 saturated heterocycles. The van der Waals surface area contributed by atoms with Crippen LogP contribution in [0.4, 0.5) is 0 Å². The lowest BCUT2D eigenvalue weighted by atomic mass is 10.0. The minimum atomic E-state index is -1.37. The van der Waals surface area contributed by atoms with Gasteiger partial charge in [0.25, 0.3) is 0 Å². The second-order valence-electron chi connectivity index (χ2n) is 3.38. The van der Waals surface area contributed by atoms with Crippen LogP contribution in [-0.4, -0.2) is 31.8 Å². The van der Waals surface area contributed by atoms with Crippen LogP contribution in [0.5, 0.6) is 0 Å². The maximum absolute atomic E-state index is 10.7. The van der Waals surface area contributed by atoms with E-state index in [0.29, 0.717) is 11.2 Å². The van der Waals surface area contributed by atoms with Crippen molar-refractivity contribution in [1.29, 1.82) is 0 Å². The molecule has 0 aliphatic carbocycles. The number of alkyl halides is 2. The Morgan fingerprint density at radius 3 is 1.93 bits per heavy atom. The molecule has 0 amide bonds. The zero-order chi connectivity index (χ0) is 12.0. The largest absolute Gasteiger partial charge is 0.481 e. The first-order valence-corrected chi connectivity index (χ1v) is 6.43. The van der Waals surface area contributed by atoms with Gasteiger partial charge in [-0.15, -0.1) is 0 Å². The van der Waals surface area contributed by atoms with E-state index in [0.717, 1.165) is 12.8 Å². The third kappa shape index (κ3) is 6.14. The minimum absolute atomic E-state index is 0.366. The molecule has 2 atom stereocenters. The average molecular weight is 346 g/mol. The van der Waals surface area contributed by atoms with Crippen molar-refractivity contribution >= 4 is 43.8 Å². The topological polar surface area (TPSA) is 74.6 Å². The van der Waals surface area contributed by atoms with Crippen LogP contribution in [-0.2, 0) is 9.59 Å². The number of carboxylic acids is 2. The molecule has 0 aliphatic heterocycles. The Bertz CT molecular complexity index is 216. The van der Waals surface area contributed by atoms with Crippen molar-refractivity contribution in [3.8, 4) is 0 Å². The molecule has 6 heteroatoms. The molecule has 0 fully saturated rings. The molecule has 0 spiro atoms. The standard InChI is InChI=1S/C9H14Br2O4/c1-5(10)3-2-4-6(11)7(8(12)13)9(14)15/h5-7H,2-4H2,1H3,(H,12,13)(H,14,15). The van der Waals surface area contributed by atoms with E-state index in [-0.39, 0.29) is 0 Å². The Kier molecular flexibility index (Phi) is 7.17. The smallest absolute Gasteiger partial charge is 0.319 e. The molecule has 0 aromatic rings. The van der Waals surface area contributed by atoms with Crippen LogP contribution in [0.25, 0.3) is 0 Å². The molecule has 2 N–H and O–H groups in total. The molecule has 0 aliphatic rings. The summed E-state index contributed by atoms with van der Waals surface area (Å²) >= 11 is 6.49. The lowest BCUT2D eigenvalue weighted by Crippen LogP contribution is -2.31. The van der Waals surface area contributed by atoms with Gasteiger partial charge in [-0.3, -0.25) is 9.59 Å². The van der Waals surface area contributed by atoms with E-state index in [9.17, 15) is 9.59 Å². The van der Waals surface area contributed by atoms with Gasteiger partial charge in [-0.1, -0.05) is 45.2 Å². The van der Waals surface area contributed by atoms with Gasteiger partial charge in [0.1, 0.15) is 0 Å². The van der Waals surface area contributed by atoms with Crippen LogP contribution in [0.3, 0.4) is 0 Å². The lowest BCUT2D eigenvalue weighted by Gasteiger charge is -2.14. The van der Waals surface area contributed by atoms with E-state index in [2.05, 4.69) is 31.9 Å². The van der Waals surface area contributed by atoms with Gasteiger partial charge >= 0.3 is 11.9 Å². The highest BCUT2D eigenvalue weighted by molar-refractivity contribution is 9.09. The molecule has 4 nitrogen and oxygen atoms in total. The van der Waals surface area contributed by atoms with Crippen LogP contribution in [0, 0.1) is 5.92 Å². The average Bonchev–Trinajstić information content (AvgIpc) is 2.01. The molecule has 2 unspecified atom stereocenters. The molecule has 0 rings (SSSR count). The van der Waals surface area contributed by atoms with Crippen LogP contribution in [0.15, 0.2) is 0 Å². The minimum Gasteiger partial charge on any atom is -0.481 e. The van der Waals surface area contributed by atoms with E-state index in [4.69, 9.17) is 10.2 Å². The van der Waals surface area contributed by atoms with Crippen molar-refractivity contribution in [2.45, 2.75) is 35.8 Å². The number of hydrogen-bond donors (Lipinski definition) is 2. The highest BCUT2D eigenvalue weighted by atomic mass is 79.9. The third-order valence-corrected chi connectivity index (χ3v) is 3.42. The number of carbonyl (C=O) groups is 2. The summed E-state index contributed by atoms with van der Waals surface area (Å²) in [6, 6.07) is 0. The van der Waals surface area contributed by atoms with E-state index in [1.54, 1.807) is 0 Å². The van der Waals surface area contributed by atoms with Gasteiger partial charge in [0, 0.05) is 9.65 Å². The molecule has 0 saturated carbocycles. The van der Waals surface area contributed by atoms with Crippen molar-refractivity contribution in [2.24, 2.45) is 5.92 Å². The predicted molar refractivity (Wildman–Crippen MR) is 63.7 cm³/mol. The predicted octanol–water partition coefficient (Wildman–Crippen LogP) is 2.49. The summed E-state index contributed by atoms with van der Waals surface area (Å²) in [7, 11) is 0. The molecule has 0 bridgehead atoms. The maximum atomic E-state index is 10.7. The third-order valence-electron chi connectivity index (χ3n) is 1.98. The zero-order valence-corrected chi connectivity index (χ0v) is 11.5. The van der Waals surface area contributed by atoms with Crippen molar-refractivity contribution < 1.29 is 19.8 Å². The summed E-state index contributed by atoms with van der Waals surface area (Å²) in [5, 5.41) is 17.4. The van der Waals surface area contributed by atoms with Crippen LogP contribution < -0.4 is 0 Å². The van der Waals surface area contributed by atoms with Crippen molar-refractivity contribution in [2.75, 3.05) is 0 Å². The van der Waals surface area contributed by atoms with Crippen LogP contribution in [0.1, 0.15) is 26.2 Å². The normalized spacial score (nSPS) is 14.9. The number of aliphatic carboxylic acids is 2. The van der Waals surface area contributed by atoms with E-state index in [1.165, 1.54) is 0 Å². The van der Waals surface area contributed by atoms with E-state index in [1.807, 2.05) is 6.92 Å². The summed E-state index contributed by atoms with van der Waals surface area (Å²) < 4.78 is 0. The van der Waals surface area contributed by atoms with Gasteiger partial charge < -0.3 is 10.2 Å². The number of carboxylic acid groups (broad SMARTS) is 2. The highest BCUT2D eigenvalue weighted by Gasteiger charge is 2.32. The van der Waals surface area contributed by atoms with Gasteiger partial charge in [0.15, 0.2) is 5.92 Å². The van der Waals surface area contributed by atoms with Crippen molar-refractivity contribution in [3.05, 3.63) is 0 Å². The molecular formula is C9H14Br2O4. The second-order valence-corrected chi connectivity index (χ2v) is 6.12. The van der Waals surface area contributed by atoms with Gasteiger partial charge in [-0.25, -0.2) is 0 Å². The quantitative estimate of drug-likeness (QED) is 0.549. The summed E-state index contributed by atoms with van der Waals surface area (Å²) in [6.45, 7) is 2.00. The first-order chi connectivity index (χ1) is 6.86. The summed E-state index contributed by atoms with van der Waals surface area (Å²) in [6.07, 6.45) is 2.23. The molecule has 15 heavy (non-hydrogen) atoms. The molecule has 0 aromatic carbocycles. The van der Waals surface area contributed by atoms with Crippen LogP contribution in [0.2, 0.25) is 0 Å². The van der Waals surface area contributed by atoms with E-state index < -0.39 is 22.7 Å². The fourth-order valence-corrected chi connectivity index (χ4v) is 2.28. The van der Waals surface area contributed by atoms with Gasteiger partial charge in [0.05, 0.1) is 0 Å². The van der Waals surface area contributed by atoms with Crippen LogP contribution >= 0.6 is 31.9 Å². The highest BCUT2D eigenvalue weighted by Crippen LogP contribution is 2.21. The van der Waals surface area contributed by atoms with E-state index >= 15 is 0 Å². The zero-order valence-electron chi connectivity index (χ0n) is 8.32. The Morgan fingerprint density at radius 2 is 1.60 bits per heavy atom. The number of rotatable bonds is 7. The number of hydrogen-bond acceptors (Lipinski definition) is 2. The Balaban J connectivity index is 4.10. The van der Waals surface area contributed by atoms with Crippen molar-refractivity contribution in [3.63, 3.8) is 0 Å². The van der Waals surface area contributed by atoms with Gasteiger partial charge in [-0.2, -0.15) is 0 Å². The monoisotopic (exact) mass is 344 g/mol. The Labute approximate surface area is 105 Å². The fraction of sp³-hybridized carbons (Fsp3) is 0.778. The van der Waals surface area contributed by atoms with Crippen molar-refractivity contribution in [1.82, 2.24) is 0 Å². The Hall–Kier alpha value is -0.100. The second kappa shape index (κ2) is 7.22. The maximum Gasteiger partial charge on any atom is 0.319 e. The summed E-state index contributed by atoms with van der Waals surface area (Å²) in [5.74, 6) is -3.96. The first-order valence-electron chi connectivity index (χ1n) is 4.60. The Morgan fingerprint density at radius 1 is 1.13 bits per heavy atom.